The third-order valence-corrected chi connectivity index (χ3v) is 13.7. The normalized spacial score (nSPS) is 17.7. The Morgan fingerprint density at radius 2 is 1.18 bits per heavy atom. The number of rotatable bonds is 6. The molecular weight excluding hydrogens is 795 g/mol. The van der Waals surface area contributed by atoms with E-state index in [4.69, 9.17) is 14.4 Å². The van der Waals surface area contributed by atoms with Gasteiger partial charge in [-0.2, -0.15) is 0 Å². The molecule has 310 valence electrons. The molecule has 0 saturated carbocycles. The van der Waals surface area contributed by atoms with E-state index >= 15 is 0 Å². The van der Waals surface area contributed by atoms with Crippen molar-refractivity contribution in [3.05, 3.63) is 217 Å². The first-order chi connectivity index (χ1) is 32.1. The zero-order valence-electron chi connectivity index (χ0n) is 36.0. The minimum Gasteiger partial charge on any atom is -0.456 e. The SMILES string of the molecule is CC1C=C(n2c3ccccc3c3cccc(-c4ccc5c(c4)c4ccccc4n5-c4ccc5oc6ccccc6c5c4)c32)C=CC1C1=NC(c2ccccc2)=NC(c2ccccc2)N1C. The molecule has 3 unspecified atom stereocenters. The average molecular weight is 838 g/mol. The second kappa shape index (κ2) is 14.7. The van der Waals surface area contributed by atoms with Crippen LogP contribution in [0.3, 0.4) is 0 Å². The third-order valence-electron chi connectivity index (χ3n) is 13.7. The minimum absolute atomic E-state index is 0.0457. The van der Waals surface area contributed by atoms with Gasteiger partial charge in [-0.05, 0) is 71.7 Å². The van der Waals surface area contributed by atoms with Crippen LogP contribution in [0.15, 0.2) is 221 Å². The molecular formula is C59H43N5O. The van der Waals surface area contributed by atoms with Crippen LogP contribution in [0.1, 0.15) is 24.2 Å². The van der Waals surface area contributed by atoms with E-state index in [1.807, 2.05) is 18.2 Å². The van der Waals surface area contributed by atoms with Gasteiger partial charge in [0.25, 0.3) is 0 Å². The first-order valence-electron chi connectivity index (χ1n) is 22.4. The Labute approximate surface area is 376 Å². The molecule has 0 spiro atoms. The number of para-hydroxylation sites is 4. The molecule has 0 saturated heterocycles. The maximum Gasteiger partial charge on any atom is 0.159 e. The van der Waals surface area contributed by atoms with Crippen molar-refractivity contribution in [1.29, 1.82) is 0 Å². The third kappa shape index (κ3) is 5.87. The number of aliphatic imine (C=N–C) groups is 2. The van der Waals surface area contributed by atoms with Gasteiger partial charge >= 0.3 is 0 Å². The maximum absolute atomic E-state index is 6.23. The highest BCUT2D eigenvalue weighted by Gasteiger charge is 2.33. The lowest BCUT2D eigenvalue weighted by Gasteiger charge is -2.37. The summed E-state index contributed by atoms with van der Waals surface area (Å²) in [7, 11) is 2.13. The van der Waals surface area contributed by atoms with Gasteiger partial charge in [-0.25, -0.2) is 9.98 Å². The lowest BCUT2D eigenvalue weighted by molar-refractivity contribution is 0.358. The largest absolute Gasteiger partial charge is 0.456 e. The molecule has 0 fully saturated rings. The summed E-state index contributed by atoms with van der Waals surface area (Å²) in [6.07, 6.45) is 6.92. The average Bonchev–Trinajstić information content (AvgIpc) is 4.02. The molecule has 13 rings (SSSR count). The fraction of sp³-hybridized carbons (Fsp3) is 0.0847. The first-order valence-corrected chi connectivity index (χ1v) is 22.4. The van der Waals surface area contributed by atoms with Crippen molar-refractivity contribution in [2.45, 2.75) is 13.1 Å². The van der Waals surface area contributed by atoms with Crippen LogP contribution >= 0.6 is 0 Å². The van der Waals surface area contributed by atoms with E-state index in [0.717, 1.165) is 61.6 Å². The molecule has 3 aromatic heterocycles. The van der Waals surface area contributed by atoms with Crippen molar-refractivity contribution < 1.29 is 4.42 Å². The lowest BCUT2D eigenvalue weighted by Crippen LogP contribution is -2.41. The Balaban J connectivity index is 0.935. The number of amidine groups is 2. The van der Waals surface area contributed by atoms with Gasteiger partial charge in [-0.15, -0.1) is 0 Å². The topological polar surface area (TPSA) is 51.0 Å². The Hall–Kier alpha value is -8.22. The van der Waals surface area contributed by atoms with Crippen LogP contribution in [0, 0.1) is 11.8 Å². The van der Waals surface area contributed by atoms with Gasteiger partial charge in [0.15, 0.2) is 5.84 Å². The zero-order valence-corrected chi connectivity index (χ0v) is 36.0. The molecule has 2 aliphatic rings. The highest BCUT2D eigenvalue weighted by atomic mass is 16.3. The van der Waals surface area contributed by atoms with Gasteiger partial charge in [0.05, 0.1) is 22.1 Å². The smallest absolute Gasteiger partial charge is 0.159 e. The molecule has 6 heteroatoms. The quantitative estimate of drug-likeness (QED) is 0.167. The highest BCUT2D eigenvalue weighted by Crippen LogP contribution is 2.43. The standard InChI is InChI=1S/C59H43N5O/c1-37-34-41(29-31-43(37)59-61-57(38-16-5-3-6-17-38)60-58(62(59)2)39-18-7-4-8-19-39)64-52-26-13-9-20-45(52)48-24-15-23-44(56(48)64)40-28-32-53-49(35-40)46-21-10-12-25-51(46)63(53)42-30-33-55-50(36-42)47-22-11-14-27-54(47)65-55/h3-37,43,58H,1-2H3. The van der Waals surface area contributed by atoms with Gasteiger partial charge in [0.1, 0.15) is 23.2 Å². The molecule has 4 heterocycles. The van der Waals surface area contributed by atoms with E-state index < -0.39 is 0 Å². The number of aromatic nitrogens is 2. The Morgan fingerprint density at radius 3 is 1.98 bits per heavy atom. The van der Waals surface area contributed by atoms with Crippen LogP contribution in [0.4, 0.5) is 0 Å². The summed E-state index contributed by atoms with van der Waals surface area (Å²) >= 11 is 0. The molecule has 0 N–H and O–H groups in total. The molecule has 11 aromatic rings. The number of furan rings is 1. The fourth-order valence-electron chi connectivity index (χ4n) is 10.6. The Morgan fingerprint density at radius 1 is 0.523 bits per heavy atom. The van der Waals surface area contributed by atoms with Crippen LogP contribution in [0.25, 0.3) is 88.1 Å². The van der Waals surface area contributed by atoms with Crippen LogP contribution in [-0.2, 0) is 0 Å². The summed E-state index contributed by atoms with van der Waals surface area (Å²) in [6.45, 7) is 2.32. The van der Waals surface area contributed by atoms with E-state index in [1.165, 1.54) is 49.2 Å². The van der Waals surface area contributed by atoms with Crippen LogP contribution < -0.4 is 0 Å². The molecule has 3 atom stereocenters. The van der Waals surface area contributed by atoms with E-state index in [1.54, 1.807) is 0 Å². The number of hydrogen-bond acceptors (Lipinski definition) is 4. The van der Waals surface area contributed by atoms with E-state index in [-0.39, 0.29) is 18.0 Å². The first kappa shape index (κ1) is 37.3. The Kier molecular flexibility index (Phi) is 8.43. The minimum atomic E-state index is -0.184. The summed E-state index contributed by atoms with van der Waals surface area (Å²) < 4.78 is 11.1. The molecule has 6 nitrogen and oxygen atoms in total. The Bertz CT molecular complexity index is 3830. The number of benzene rings is 8. The van der Waals surface area contributed by atoms with Crippen LogP contribution in [-0.4, -0.2) is 32.8 Å². The summed E-state index contributed by atoms with van der Waals surface area (Å²) in [4.78, 5) is 12.8. The van der Waals surface area contributed by atoms with Crippen molar-refractivity contribution in [2.75, 3.05) is 7.05 Å². The van der Waals surface area contributed by atoms with Gasteiger partial charge in [0.2, 0.25) is 0 Å². The predicted molar refractivity (Wildman–Crippen MR) is 270 cm³/mol. The summed E-state index contributed by atoms with van der Waals surface area (Å²) in [5.41, 5.74) is 13.3. The lowest BCUT2D eigenvalue weighted by atomic mass is 9.86. The van der Waals surface area contributed by atoms with Gasteiger partial charge < -0.3 is 18.5 Å². The second-order valence-corrected chi connectivity index (χ2v) is 17.4. The van der Waals surface area contributed by atoms with Gasteiger partial charge in [-0.1, -0.05) is 159 Å². The molecule has 0 amide bonds. The van der Waals surface area contributed by atoms with E-state index in [0.29, 0.717) is 0 Å². The number of fused-ring (bicyclic) bond motifs is 9. The number of hydrogen-bond donors (Lipinski definition) is 0. The van der Waals surface area contributed by atoms with Crippen molar-refractivity contribution >= 4 is 82.9 Å². The van der Waals surface area contributed by atoms with Crippen molar-refractivity contribution in [2.24, 2.45) is 21.8 Å². The van der Waals surface area contributed by atoms with Crippen LogP contribution in [0.5, 0.6) is 0 Å². The van der Waals surface area contributed by atoms with Gasteiger partial charge in [0, 0.05) is 67.8 Å². The maximum atomic E-state index is 6.23. The zero-order chi connectivity index (χ0) is 43.2. The van der Waals surface area contributed by atoms with Gasteiger partial charge in [-0.3, -0.25) is 0 Å². The molecule has 1 aliphatic heterocycles. The summed E-state index contributed by atoms with van der Waals surface area (Å²) in [5, 5.41) is 7.15. The molecule has 0 radical (unpaired) electrons. The fourth-order valence-corrected chi connectivity index (χ4v) is 10.6. The molecule has 8 aromatic carbocycles. The van der Waals surface area contributed by atoms with Crippen molar-refractivity contribution in [1.82, 2.24) is 14.0 Å². The molecule has 65 heavy (non-hydrogen) atoms. The van der Waals surface area contributed by atoms with Crippen LogP contribution in [0.2, 0.25) is 0 Å². The number of allylic oxidation sites excluding steroid dienone is 3. The van der Waals surface area contributed by atoms with E-state index in [2.05, 4.69) is 216 Å². The van der Waals surface area contributed by atoms with Crippen molar-refractivity contribution in [3.8, 4) is 16.8 Å². The molecule has 1 aliphatic carbocycles. The molecule has 0 bridgehead atoms. The monoisotopic (exact) mass is 837 g/mol. The van der Waals surface area contributed by atoms with E-state index in [9.17, 15) is 0 Å². The van der Waals surface area contributed by atoms with Crippen molar-refractivity contribution in [3.63, 3.8) is 0 Å². The number of nitrogens with zero attached hydrogens (tertiary/aromatic N) is 5. The highest BCUT2D eigenvalue weighted by molar-refractivity contribution is 6.17. The second-order valence-electron chi connectivity index (χ2n) is 17.4. The summed E-state index contributed by atoms with van der Waals surface area (Å²) in [5.74, 6) is 1.97. The summed E-state index contributed by atoms with van der Waals surface area (Å²) in [6, 6.07) is 67.1. The predicted octanol–water partition coefficient (Wildman–Crippen LogP) is 14.6.